The maximum atomic E-state index is 12.8. The van der Waals surface area contributed by atoms with E-state index in [2.05, 4.69) is 19.2 Å². The number of hydrogen-bond donors (Lipinski definition) is 1. The van der Waals surface area contributed by atoms with E-state index < -0.39 is 0 Å². The van der Waals surface area contributed by atoms with Crippen LogP contribution in [0.1, 0.15) is 62.3 Å². The fraction of sp³-hybridized carbons (Fsp3) is 0.474. The topological polar surface area (TPSA) is 46.9 Å². The molecule has 0 aliphatic rings. The molecule has 4 nitrogen and oxygen atoms in total. The Bertz CT molecular complexity index is 707. The van der Waals surface area contributed by atoms with Crippen molar-refractivity contribution in [3.05, 3.63) is 46.2 Å². The fourth-order valence-electron chi connectivity index (χ4n) is 2.80. The Balaban J connectivity index is 2.63. The second-order valence-corrected chi connectivity index (χ2v) is 6.67. The van der Waals surface area contributed by atoms with Crippen molar-refractivity contribution in [2.45, 2.75) is 59.4 Å². The van der Waals surface area contributed by atoms with E-state index in [-0.39, 0.29) is 11.9 Å². The van der Waals surface area contributed by atoms with Gasteiger partial charge in [0.05, 0.1) is 27.7 Å². The van der Waals surface area contributed by atoms with E-state index >= 15 is 0 Å². The van der Waals surface area contributed by atoms with Crippen molar-refractivity contribution in [2.24, 2.45) is 0 Å². The predicted octanol–water partition coefficient (Wildman–Crippen LogP) is 4.57. The lowest BCUT2D eigenvalue weighted by Crippen LogP contribution is -2.31. The fourth-order valence-corrected chi connectivity index (χ4v) is 3.02. The molecule has 0 aliphatic heterocycles. The summed E-state index contributed by atoms with van der Waals surface area (Å²) in [6.07, 6.45) is 3.43. The van der Waals surface area contributed by atoms with Gasteiger partial charge in [-0.1, -0.05) is 50.4 Å². The highest BCUT2D eigenvalue weighted by Crippen LogP contribution is 2.26. The molecule has 24 heavy (non-hydrogen) atoms. The van der Waals surface area contributed by atoms with Crippen molar-refractivity contribution < 1.29 is 4.79 Å². The van der Waals surface area contributed by atoms with E-state index in [1.54, 1.807) is 0 Å². The number of aryl methyl sites for hydroxylation is 1. The summed E-state index contributed by atoms with van der Waals surface area (Å²) in [4.78, 5) is 12.8. The molecule has 5 heteroatoms. The van der Waals surface area contributed by atoms with Crippen LogP contribution in [0.2, 0.25) is 5.02 Å². The number of rotatable bonds is 7. The van der Waals surface area contributed by atoms with Crippen LogP contribution >= 0.6 is 11.6 Å². The zero-order valence-corrected chi connectivity index (χ0v) is 15.7. The standard InChI is InChI=1S/C19H26ClN3O/c1-5-9-15-18(19(24)21-13(3)4)17(10-6-2)23(22-15)16-12-8-7-11-14(16)20/h7-8,11-13H,5-6,9-10H2,1-4H3,(H,21,24). The van der Waals surface area contributed by atoms with Crippen LogP contribution in [0, 0.1) is 0 Å². The molecular weight excluding hydrogens is 322 g/mol. The summed E-state index contributed by atoms with van der Waals surface area (Å²) in [5, 5.41) is 8.40. The molecule has 1 heterocycles. The lowest BCUT2D eigenvalue weighted by molar-refractivity contribution is 0.0941. The Hall–Kier alpha value is -1.81. The molecule has 0 radical (unpaired) electrons. The molecule has 1 amide bonds. The van der Waals surface area contributed by atoms with Crippen LogP contribution in [0.3, 0.4) is 0 Å². The maximum absolute atomic E-state index is 12.8. The first-order valence-corrected chi connectivity index (χ1v) is 9.03. The molecule has 0 saturated carbocycles. The zero-order valence-electron chi connectivity index (χ0n) is 14.9. The van der Waals surface area contributed by atoms with Crippen molar-refractivity contribution >= 4 is 17.5 Å². The molecule has 1 N–H and O–H groups in total. The Morgan fingerprint density at radius 3 is 2.46 bits per heavy atom. The number of halogens is 1. The SMILES string of the molecule is CCCc1nn(-c2ccccc2Cl)c(CCC)c1C(=O)NC(C)C. The van der Waals surface area contributed by atoms with Gasteiger partial charge in [0.2, 0.25) is 0 Å². The van der Waals surface area contributed by atoms with Gasteiger partial charge in [0, 0.05) is 6.04 Å². The van der Waals surface area contributed by atoms with Crippen LogP contribution in [0.25, 0.3) is 5.69 Å². The Labute approximate surface area is 149 Å². The Morgan fingerprint density at radius 2 is 1.88 bits per heavy atom. The summed E-state index contributed by atoms with van der Waals surface area (Å²) in [6.45, 7) is 8.14. The Morgan fingerprint density at radius 1 is 1.21 bits per heavy atom. The number of para-hydroxylation sites is 1. The highest BCUT2D eigenvalue weighted by atomic mass is 35.5. The predicted molar refractivity (Wildman–Crippen MR) is 99.2 cm³/mol. The maximum Gasteiger partial charge on any atom is 0.255 e. The summed E-state index contributed by atoms with van der Waals surface area (Å²) in [7, 11) is 0. The van der Waals surface area contributed by atoms with Crippen LogP contribution in [0.4, 0.5) is 0 Å². The number of nitrogens with zero attached hydrogens (tertiary/aromatic N) is 2. The first-order valence-electron chi connectivity index (χ1n) is 8.66. The Kier molecular flexibility index (Phi) is 6.44. The van der Waals surface area contributed by atoms with Crippen LogP contribution in [-0.4, -0.2) is 21.7 Å². The molecule has 1 aromatic heterocycles. The lowest BCUT2D eigenvalue weighted by Gasteiger charge is -2.12. The molecule has 2 aromatic rings. The monoisotopic (exact) mass is 347 g/mol. The summed E-state index contributed by atoms with van der Waals surface area (Å²) >= 11 is 6.37. The largest absolute Gasteiger partial charge is 0.350 e. The molecule has 0 fully saturated rings. The first-order chi connectivity index (χ1) is 11.5. The molecule has 2 rings (SSSR count). The highest BCUT2D eigenvalue weighted by molar-refractivity contribution is 6.32. The van der Waals surface area contributed by atoms with Crippen LogP contribution in [-0.2, 0) is 12.8 Å². The second kappa shape index (κ2) is 8.34. The molecule has 0 saturated heterocycles. The average Bonchev–Trinajstić information content (AvgIpc) is 2.86. The molecule has 1 aromatic carbocycles. The summed E-state index contributed by atoms with van der Waals surface area (Å²) in [5.74, 6) is -0.0461. The molecule has 0 bridgehead atoms. The third-order valence-electron chi connectivity index (χ3n) is 3.75. The van der Waals surface area contributed by atoms with Gasteiger partial charge in [0.15, 0.2) is 0 Å². The van der Waals surface area contributed by atoms with Crippen LogP contribution in [0.15, 0.2) is 24.3 Å². The number of nitrogens with one attached hydrogen (secondary N) is 1. The van der Waals surface area contributed by atoms with E-state index in [9.17, 15) is 4.79 Å². The molecular formula is C19H26ClN3O. The van der Waals surface area contributed by atoms with Gasteiger partial charge in [0.25, 0.3) is 5.91 Å². The van der Waals surface area contributed by atoms with Gasteiger partial charge in [0.1, 0.15) is 0 Å². The number of aromatic nitrogens is 2. The summed E-state index contributed by atoms with van der Waals surface area (Å²) < 4.78 is 1.85. The number of benzene rings is 1. The number of carbonyl (C=O) groups excluding carboxylic acids is 1. The second-order valence-electron chi connectivity index (χ2n) is 6.26. The minimum absolute atomic E-state index is 0.0461. The number of carbonyl (C=O) groups is 1. The summed E-state index contributed by atoms with van der Waals surface area (Å²) in [6, 6.07) is 7.71. The first kappa shape index (κ1) is 18.5. The van der Waals surface area contributed by atoms with Crippen LogP contribution in [0.5, 0.6) is 0 Å². The molecule has 0 unspecified atom stereocenters. The minimum Gasteiger partial charge on any atom is -0.350 e. The average molecular weight is 348 g/mol. The van der Waals surface area contributed by atoms with Crippen molar-refractivity contribution in [1.82, 2.24) is 15.1 Å². The molecule has 0 spiro atoms. The zero-order chi connectivity index (χ0) is 17.7. The van der Waals surface area contributed by atoms with E-state index in [1.165, 1.54) is 0 Å². The molecule has 130 valence electrons. The van der Waals surface area contributed by atoms with Gasteiger partial charge in [-0.3, -0.25) is 4.79 Å². The quantitative estimate of drug-likeness (QED) is 0.797. The lowest BCUT2D eigenvalue weighted by atomic mass is 10.0. The van der Waals surface area contributed by atoms with Gasteiger partial charge in [-0.15, -0.1) is 0 Å². The van der Waals surface area contributed by atoms with Crippen molar-refractivity contribution in [2.75, 3.05) is 0 Å². The van der Waals surface area contributed by atoms with Crippen molar-refractivity contribution in [1.29, 1.82) is 0 Å². The molecule has 0 aliphatic carbocycles. The van der Waals surface area contributed by atoms with E-state index in [0.29, 0.717) is 10.6 Å². The van der Waals surface area contributed by atoms with Gasteiger partial charge in [-0.2, -0.15) is 5.10 Å². The van der Waals surface area contributed by atoms with E-state index in [0.717, 1.165) is 42.8 Å². The van der Waals surface area contributed by atoms with E-state index in [4.69, 9.17) is 16.7 Å². The number of amides is 1. The van der Waals surface area contributed by atoms with Gasteiger partial charge < -0.3 is 5.32 Å². The third kappa shape index (κ3) is 3.99. The molecule has 0 atom stereocenters. The number of hydrogen-bond acceptors (Lipinski definition) is 2. The smallest absolute Gasteiger partial charge is 0.255 e. The minimum atomic E-state index is -0.0461. The van der Waals surface area contributed by atoms with Gasteiger partial charge >= 0.3 is 0 Å². The highest BCUT2D eigenvalue weighted by Gasteiger charge is 2.24. The summed E-state index contributed by atoms with van der Waals surface area (Å²) in [5.41, 5.74) is 3.32. The van der Waals surface area contributed by atoms with Crippen molar-refractivity contribution in [3.63, 3.8) is 0 Å². The van der Waals surface area contributed by atoms with Crippen LogP contribution < -0.4 is 5.32 Å². The van der Waals surface area contributed by atoms with E-state index in [1.807, 2.05) is 42.8 Å². The normalized spacial score (nSPS) is 11.1. The van der Waals surface area contributed by atoms with Crippen molar-refractivity contribution in [3.8, 4) is 5.69 Å². The third-order valence-corrected chi connectivity index (χ3v) is 4.07. The van der Waals surface area contributed by atoms with Gasteiger partial charge in [-0.25, -0.2) is 4.68 Å². The van der Waals surface area contributed by atoms with Gasteiger partial charge in [-0.05, 0) is 38.8 Å².